The summed E-state index contributed by atoms with van der Waals surface area (Å²) < 4.78 is 13.0. The van der Waals surface area contributed by atoms with Crippen LogP contribution in [0.3, 0.4) is 0 Å². The van der Waals surface area contributed by atoms with Crippen LogP contribution in [0.1, 0.15) is 54.6 Å². The van der Waals surface area contributed by atoms with Crippen LogP contribution >= 0.6 is 0 Å². The van der Waals surface area contributed by atoms with E-state index in [9.17, 15) is 10.2 Å². The highest BCUT2D eigenvalue weighted by molar-refractivity contribution is 5.41. The second-order valence-electron chi connectivity index (χ2n) is 9.53. The van der Waals surface area contributed by atoms with Gasteiger partial charge >= 0.3 is 0 Å². The number of likely N-dealkylation sites (N-methyl/N-ethyl adjacent to an activating group) is 1. The van der Waals surface area contributed by atoms with Crippen molar-refractivity contribution in [3.8, 4) is 0 Å². The molecule has 0 radical (unpaired) electrons. The third-order valence-corrected chi connectivity index (χ3v) is 7.07. The Hall–Kier alpha value is -2.74. The summed E-state index contributed by atoms with van der Waals surface area (Å²) in [6.45, 7) is 4.80. The lowest BCUT2D eigenvalue weighted by Gasteiger charge is -2.43. The van der Waals surface area contributed by atoms with Gasteiger partial charge in [-0.2, -0.15) is 0 Å². The van der Waals surface area contributed by atoms with Gasteiger partial charge in [0.15, 0.2) is 6.29 Å². The Kier molecular flexibility index (Phi) is 8.21. The molecule has 6 heteroatoms. The Balaban J connectivity index is 1.57. The highest BCUT2D eigenvalue weighted by Gasteiger charge is 2.39. The number of nitrogens with two attached hydrogens (primary N) is 1. The van der Waals surface area contributed by atoms with Crippen molar-refractivity contribution < 1.29 is 19.7 Å². The predicted molar refractivity (Wildman–Crippen MR) is 137 cm³/mol. The zero-order valence-corrected chi connectivity index (χ0v) is 20.6. The third kappa shape index (κ3) is 5.92. The largest absolute Gasteiger partial charge is 0.399 e. The number of nitrogen functional groups attached to an aromatic ring is 1. The van der Waals surface area contributed by atoms with Crippen LogP contribution in [0.4, 0.5) is 5.69 Å². The molecule has 186 valence electrons. The van der Waals surface area contributed by atoms with Gasteiger partial charge in [0.2, 0.25) is 0 Å². The van der Waals surface area contributed by atoms with Gasteiger partial charge in [0.05, 0.1) is 24.9 Å². The molecule has 4 rings (SSSR count). The van der Waals surface area contributed by atoms with Gasteiger partial charge in [-0.25, -0.2) is 0 Å². The maximum atomic E-state index is 11.0. The van der Waals surface area contributed by atoms with Crippen molar-refractivity contribution in [1.82, 2.24) is 4.90 Å². The number of hydrogen-bond acceptors (Lipinski definition) is 6. The van der Waals surface area contributed by atoms with Crippen LogP contribution in [0.25, 0.3) is 0 Å². The van der Waals surface area contributed by atoms with E-state index in [2.05, 4.69) is 11.8 Å². The summed E-state index contributed by atoms with van der Waals surface area (Å²) in [7, 11) is 2.02. The average molecular weight is 477 g/mol. The van der Waals surface area contributed by atoms with Gasteiger partial charge in [-0.3, -0.25) is 4.90 Å². The first-order chi connectivity index (χ1) is 16.9. The molecule has 1 saturated heterocycles. The normalized spacial score (nSPS) is 24.3. The van der Waals surface area contributed by atoms with Crippen molar-refractivity contribution in [1.29, 1.82) is 0 Å². The lowest BCUT2D eigenvalue weighted by molar-refractivity contribution is -0.276. The summed E-state index contributed by atoms with van der Waals surface area (Å²) in [5.41, 5.74) is 10.4. The molecule has 0 amide bonds. The zero-order chi connectivity index (χ0) is 24.9. The summed E-state index contributed by atoms with van der Waals surface area (Å²) in [4.78, 5) is 2.15. The summed E-state index contributed by atoms with van der Waals surface area (Å²) in [6.07, 6.45) is -1.52. The second-order valence-corrected chi connectivity index (χ2v) is 9.53. The Labute approximate surface area is 207 Å². The maximum absolute atomic E-state index is 11.0. The van der Waals surface area contributed by atoms with Gasteiger partial charge in [-0.1, -0.05) is 73.7 Å². The number of hydrogen-bond donors (Lipinski definition) is 3. The first-order valence-electron chi connectivity index (χ1n) is 12.2. The minimum Gasteiger partial charge on any atom is -0.399 e. The van der Waals surface area contributed by atoms with Crippen LogP contribution in [0.15, 0.2) is 78.9 Å². The van der Waals surface area contributed by atoms with Crippen LogP contribution in [0.2, 0.25) is 0 Å². The van der Waals surface area contributed by atoms with Crippen molar-refractivity contribution in [3.63, 3.8) is 0 Å². The molecular weight excluding hydrogens is 440 g/mol. The highest BCUT2D eigenvalue weighted by atomic mass is 16.7. The Morgan fingerprint density at radius 1 is 0.943 bits per heavy atom. The van der Waals surface area contributed by atoms with Crippen molar-refractivity contribution >= 4 is 5.69 Å². The molecule has 4 N–H and O–H groups in total. The molecule has 3 aromatic rings. The molecular formula is C29H36N2O4. The molecule has 1 unspecified atom stereocenters. The van der Waals surface area contributed by atoms with E-state index in [1.54, 1.807) is 0 Å². The van der Waals surface area contributed by atoms with Gasteiger partial charge in [0, 0.05) is 29.8 Å². The molecule has 0 saturated carbocycles. The van der Waals surface area contributed by atoms with Gasteiger partial charge < -0.3 is 25.4 Å². The molecule has 0 aliphatic carbocycles. The standard InChI is InChI=1S/C29H36N2O4/c1-19-26(17-31(3)20(2)27(33)22-8-5-4-6-9-22)34-29(24-10-7-11-25(30)16-24)35-28(19)23-14-12-21(18-32)13-15-23/h4-16,19-20,26-29,32-33H,17-18,30H2,1-3H3/t19-,20-,26+,27-,28+,29?/m0/s1. The van der Waals surface area contributed by atoms with Crippen molar-refractivity contribution in [3.05, 3.63) is 101 Å². The molecule has 6 atom stereocenters. The number of anilines is 1. The minimum atomic E-state index is -0.608. The highest BCUT2D eigenvalue weighted by Crippen LogP contribution is 2.42. The first kappa shape index (κ1) is 25.4. The maximum Gasteiger partial charge on any atom is 0.185 e. The van der Waals surface area contributed by atoms with Crippen LogP contribution in [0.5, 0.6) is 0 Å². The Morgan fingerprint density at radius 3 is 2.31 bits per heavy atom. The number of rotatable bonds is 8. The van der Waals surface area contributed by atoms with Gasteiger partial charge in [0.1, 0.15) is 0 Å². The van der Waals surface area contributed by atoms with E-state index < -0.39 is 12.4 Å². The Morgan fingerprint density at radius 2 is 1.66 bits per heavy atom. The topological polar surface area (TPSA) is 88.2 Å². The molecule has 0 bridgehead atoms. The number of benzene rings is 3. The molecule has 0 aromatic heterocycles. The number of aliphatic hydroxyl groups excluding tert-OH is 2. The zero-order valence-electron chi connectivity index (χ0n) is 20.6. The van der Waals surface area contributed by atoms with Crippen LogP contribution in [0, 0.1) is 5.92 Å². The van der Waals surface area contributed by atoms with Crippen molar-refractivity contribution in [2.75, 3.05) is 19.3 Å². The predicted octanol–water partition coefficient (Wildman–Crippen LogP) is 4.61. The molecule has 1 aliphatic rings. The van der Waals surface area contributed by atoms with E-state index >= 15 is 0 Å². The molecule has 35 heavy (non-hydrogen) atoms. The van der Waals surface area contributed by atoms with E-state index in [1.165, 1.54) is 0 Å². The summed E-state index contributed by atoms with van der Waals surface area (Å²) in [5.74, 6) is 0.0517. The van der Waals surface area contributed by atoms with Crippen LogP contribution in [-0.4, -0.2) is 40.9 Å². The van der Waals surface area contributed by atoms with E-state index in [4.69, 9.17) is 15.2 Å². The summed E-state index contributed by atoms with van der Waals surface area (Å²) in [6, 6.07) is 25.1. The fourth-order valence-corrected chi connectivity index (χ4v) is 4.65. The first-order valence-corrected chi connectivity index (χ1v) is 12.2. The number of aliphatic hydroxyl groups is 2. The summed E-state index contributed by atoms with van der Waals surface area (Å²) in [5, 5.41) is 20.4. The van der Waals surface area contributed by atoms with Crippen molar-refractivity contribution in [2.45, 2.75) is 51.1 Å². The third-order valence-electron chi connectivity index (χ3n) is 7.07. The fraction of sp³-hybridized carbons (Fsp3) is 0.379. The fourth-order valence-electron chi connectivity index (χ4n) is 4.65. The van der Waals surface area contributed by atoms with Crippen LogP contribution < -0.4 is 5.73 Å². The summed E-state index contributed by atoms with van der Waals surface area (Å²) >= 11 is 0. The van der Waals surface area contributed by atoms with E-state index in [1.807, 2.05) is 92.8 Å². The molecule has 6 nitrogen and oxygen atoms in total. The molecule has 1 heterocycles. The molecule has 3 aromatic carbocycles. The molecule has 0 spiro atoms. The number of nitrogens with zero attached hydrogens (tertiary/aromatic N) is 1. The smallest absolute Gasteiger partial charge is 0.185 e. The molecule has 1 aliphatic heterocycles. The quantitative estimate of drug-likeness (QED) is 0.412. The van der Waals surface area contributed by atoms with E-state index in [0.717, 1.165) is 22.3 Å². The van der Waals surface area contributed by atoms with Gasteiger partial charge in [0.25, 0.3) is 0 Å². The van der Waals surface area contributed by atoms with Crippen molar-refractivity contribution in [2.24, 2.45) is 5.92 Å². The van der Waals surface area contributed by atoms with E-state index in [-0.39, 0.29) is 30.8 Å². The van der Waals surface area contributed by atoms with Gasteiger partial charge in [-0.05, 0) is 42.8 Å². The lowest BCUT2D eigenvalue weighted by Crippen LogP contribution is -2.46. The van der Waals surface area contributed by atoms with Crippen LogP contribution in [-0.2, 0) is 16.1 Å². The Bertz CT molecular complexity index is 1080. The van der Waals surface area contributed by atoms with E-state index in [0.29, 0.717) is 12.2 Å². The second kappa shape index (κ2) is 11.3. The van der Waals surface area contributed by atoms with Gasteiger partial charge in [-0.15, -0.1) is 0 Å². The monoisotopic (exact) mass is 476 g/mol. The lowest BCUT2D eigenvalue weighted by atomic mass is 9.89. The average Bonchev–Trinajstić information content (AvgIpc) is 2.89. The number of ether oxygens (including phenoxy) is 2. The minimum absolute atomic E-state index is 0.00539. The SMILES string of the molecule is C[C@H]1[C@@H](CN(C)[C@@H](C)[C@H](O)c2ccccc2)OC(c2cccc(N)c2)O[C@H]1c1ccc(CO)cc1. The molecule has 1 fully saturated rings.